The molecule has 0 saturated heterocycles. The van der Waals surface area contributed by atoms with Crippen molar-refractivity contribution in [3.05, 3.63) is 23.8 Å². The van der Waals surface area contributed by atoms with E-state index >= 15 is 0 Å². The third-order valence-corrected chi connectivity index (χ3v) is 1.89. The summed E-state index contributed by atoms with van der Waals surface area (Å²) in [4.78, 5) is 11.3. The van der Waals surface area contributed by atoms with Crippen molar-refractivity contribution in [3.8, 4) is 11.5 Å². The van der Waals surface area contributed by atoms with Crippen LogP contribution in [0.25, 0.3) is 0 Å². The summed E-state index contributed by atoms with van der Waals surface area (Å²) in [5.74, 6) is 0.986. The maximum Gasteiger partial charge on any atom is 0.158 e. The molecule has 0 heterocycles. The largest absolute Gasteiger partial charge is 0.497 e. The molecule has 0 fully saturated rings. The molecule has 1 aromatic rings. The van der Waals surface area contributed by atoms with Crippen molar-refractivity contribution in [1.82, 2.24) is 0 Å². The Hall–Kier alpha value is -1.45. The zero-order valence-corrected chi connectivity index (χ0v) is 8.24. The highest BCUT2D eigenvalue weighted by atomic mass is 16.5. The zero-order valence-electron chi connectivity index (χ0n) is 8.24. The van der Waals surface area contributed by atoms with Crippen molar-refractivity contribution in [2.75, 3.05) is 14.2 Å². The molecule has 72 valence electrons. The molecular formula is C10H11BO3. The standard InChI is InChI=1S/C10H11BO3/c1-13-7-3-4-8(9(12)6-11)10(5-7)14-2/h3-5H,6H2,1-2H3. The minimum Gasteiger partial charge on any atom is -0.497 e. The Morgan fingerprint density at radius 2 is 2.07 bits per heavy atom. The van der Waals surface area contributed by atoms with Gasteiger partial charge in [0.15, 0.2) is 5.78 Å². The number of rotatable bonds is 4. The fourth-order valence-corrected chi connectivity index (χ4v) is 1.14. The molecule has 0 atom stereocenters. The first-order valence-corrected chi connectivity index (χ1v) is 4.18. The van der Waals surface area contributed by atoms with Crippen LogP contribution in [0.15, 0.2) is 18.2 Å². The van der Waals surface area contributed by atoms with E-state index in [0.29, 0.717) is 17.1 Å². The van der Waals surface area contributed by atoms with Crippen LogP contribution in [0.2, 0.25) is 6.32 Å². The Morgan fingerprint density at radius 1 is 1.36 bits per heavy atom. The first kappa shape index (κ1) is 10.6. The molecule has 0 aliphatic rings. The Balaban J connectivity index is 3.11. The van der Waals surface area contributed by atoms with E-state index in [2.05, 4.69) is 0 Å². The molecule has 0 spiro atoms. The van der Waals surface area contributed by atoms with Crippen LogP contribution >= 0.6 is 0 Å². The lowest BCUT2D eigenvalue weighted by Crippen LogP contribution is -2.01. The lowest BCUT2D eigenvalue weighted by Gasteiger charge is -2.08. The molecule has 14 heavy (non-hydrogen) atoms. The second kappa shape index (κ2) is 4.70. The van der Waals surface area contributed by atoms with Crippen LogP contribution in [0.3, 0.4) is 0 Å². The number of hydrogen-bond donors (Lipinski definition) is 0. The molecule has 1 rings (SSSR count). The number of ketones is 1. The van der Waals surface area contributed by atoms with Gasteiger partial charge in [0, 0.05) is 6.07 Å². The van der Waals surface area contributed by atoms with E-state index in [1.54, 1.807) is 25.3 Å². The molecule has 2 radical (unpaired) electrons. The van der Waals surface area contributed by atoms with Gasteiger partial charge in [-0.15, -0.1) is 0 Å². The van der Waals surface area contributed by atoms with E-state index in [0.717, 1.165) is 0 Å². The summed E-state index contributed by atoms with van der Waals surface area (Å²) < 4.78 is 10.1. The van der Waals surface area contributed by atoms with Crippen molar-refractivity contribution in [2.24, 2.45) is 0 Å². The first-order chi connectivity index (χ1) is 6.72. The average molecular weight is 190 g/mol. The normalized spacial score (nSPS) is 9.57. The summed E-state index contributed by atoms with van der Waals surface area (Å²) in [6.45, 7) is 0. The monoisotopic (exact) mass is 190 g/mol. The quantitative estimate of drug-likeness (QED) is 0.532. The maximum atomic E-state index is 11.3. The number of methoxy groups -OCH3 is 2. The fraction of sp³-hybridized carbons (Fsp3) is 0.300. The Bertz CT molecular complexity index is 336. The molecule has 1 aromatic carbocycles. The zero-order chi connectivity index (χ0) is 10.6. The lowest BCUT2D eigenvalue weighted by atomic mass is 9.95. The second-order valence-corrected chi connectivity index (χ2v) is 2.69. The van der Waals surface area contributed by atoms with Crippen LogP contribution in [0.5, 0.6) is 11.5 Å². The highest BCUT2D eigenvalue weighted by Gasteiger charge is 2.10. The predicted octanol–water partition coefficient (Wildman–Crippen LogP) is 1.47. The van der Waals surface area contributed by atoms with Crippen LogP contribution in [0.1, 0.15) is 10.4 Å². The van der Waals surface area contributed by atoms with E-state index in [1.165, 1.54) is 7.11 Å². The van der Waals surface area contributed by atoms with Crippen molar-refractivity contribution >= 4 is 13.6 Å². The Labute approximate surface area is 84.4 Å². The smallest absolute Gasteiger partial charge is 0.158 e. The van der Waals surface area contributed by atoms with Gasteiger partial charge >= 0.3 is 0 Å². The second-order valence-electron chi connectivity index (χ2n) is 2.69. The van der Waals surface area contributed by atoms with Crippen molar-refractivity contribution in [3.63, 3.8) is 0 Å². The number of carbonyl (C=O) groups is 1. The summed E-state index contributed by atoms with van der Waals surface area (Å²) >= 11 is 0. The van der Waals surface area contributed by atoms with Gasteiger partial charge in [-0.2, -0.15) is 0 Å². The van der Waals surface area contributed by atoms with Crippen molar-refractivity contribution < 1.29 is 14.3 Å². The number of Topliss-reactive ketones (excluding diaryl/α,β-unsaturated/α-hetero) is 1. The van der Waals surface area contributed by atoms with Gasteiger partial charge in [-0.05, 0) is 18.5 Å². The fourth-order valence-electron chi connectivity index (χ4n) is 1.14. The third kappa shape index (κ3) is 2.07. The molecule has 0 aliphatic carbocycles. The highest BCUT2D eigenvalue weighted by Crippen LogP contribution is 2.25. The van der Waals surface area contributed by atoms with E-state index in [9.17, 15) is 4.79 Å². The van der Waals surface area contributed by atoms with Gasteiger partial charge < -0.3 is 9.47 Å². The number of carbonyl (C=O) groups excluding carboxylic acids is 1. The van der Waals surface area contributed by atoms with E-state index in [4.69, 9.17) is 17.3 Å². The molecule has 0 N–H and O–H groups in total. The van der Waals surface area contributed by atoms with E-state index < -0.39 is 0 Å². The lowest BCUT2D eigenvalue weighted by molar-refractivity contribution is 0.101. The van der Waals surface area contributed by atoms with Crippen molar-refractivity contribution in [2.45, 2.75) is 6.32 Å². The summed E-state index contributed by atoms with van der Waals surface area (Å²) in [5, 5.41) is 0. The molecule has 0 aliphatic heterocycles. The molecule has 0 saturated carbocycles. The van der Waals surface area contributed by atoms with Crippen LogP contribution in [-0.2, 0) is 0 Å². The van der Waals surface area contributed by atoms with Gasteiger partial charge in [0.1, 0.15) is 11.5 Å². The summed E-state index contributed by atoms with van der Waals surface area (Å²) in [6.07, 6.45) is -0.0251. The van der Waals surface area contributed by atoms with Crippen LogP contribution in [0, 0.1) is 0 Å². The van der Waals surface area contributed by atoms with Gasteiger partial charge in [0.05, 0.1) is 27.6 Å². The van der Waals surface area contributed by atoms with Crippen molar-refractivity contribution in [1.29, 1.82) is 0 Å². The maximum absolute atomic E-state index is 11.3. The molecule has 0 amide bonds. The predicted molar refractivity (Wildman–Crippen MR) is 54.4 cm³/mol. The Kier molecular flexibility index (Phi) is 3.57. The van der Waals surface area contributed by atoms with E-state index in [-0.39, 0.29) is 12.1 Å². The van der Waals surface area contributed by atoms with Crippen LogP contribution < -0.4 is 9.47 Å². The van der Waals surface area contributed by atoms with Gasteiger partial charge in [-0.1, -0.05) is 0 Å². The van der Waals surface area contributed by atoms with Gasteiger partial charge in [0.2, 0.25) is 0 Å². The minimum atomic E-state index is -0.149. The van der Waals surface area contributed by atoms with Gasteiger partial charge in [-0.25, -0.2) is 0 Å². The van der Waals surface area contributed by atoms with Crippen LogP contribution in [0.4, 0.5) is 0 Å². The molecule has 0 bridgehead atoms. The van der Waals surface area contributed by atoms with Crippen LogP contribution in [-0.4, -0.2) is 27.8 Å². The highest BCUT2D eigenvalue weighted by molar-refractivity contribution is 6.24. The van der Waals surface area contributed by atoms with Gasteiger partial charge in [0.25, 0.3) is 0 Å². The first-order valence-electron chi connectivity index (χ1n) is 4.18. The molecule has 0 unspecified atom stereocenters. The third-order valence-electron chi connectivity index (χ3n) is 1.89. The molecular weight excluding hydrogens is 179 g/mol. The number of hydrogen-bond acceptors (Lipinski definition) is 3. The minimum absolute atomic E-state index is 0.0251. The summed E-state index contributed by atoms with van der Waals surface area (Å²) in [6, 6.07) is 5.00. The summed E-state index contributed by atoms with van der Waals surface area (Å²) in [5.41, 5.74) is 0.482. The topological polar surface area (TPSA) is 35.5 Å². The molecule has 3 nitrogen and oxygen atoms in total. The van der Waals surface area contributed by atoms with Gasteiger partial charge in [-0.3, -0.25) is 4.79 Å². The molecule has 4 heteroatoms. The number of ether oxygens (including phenoxy) is 2. The SMILES string of the molecule is [B]CC(=O)c1ccc(OC)cc1OC. The Morgan fingerprint density at radius 3 is 2.57 bits per heavy atom. The van der Waals surface area contributed by atoms with E-state index in [1.807, 2.05) is 0 Å². The number of benzene rings is 1. The average Bonchev–Trinajstić information content (AvgIpc) is 2.27. The summed E-state index contributed by atoms with van der Waals surface area (Å²) in [7, 11) is 8.32. The molecule has 0 aromatic heterocycles.